The van der Waals surface area contributed by atoms with Gasteiger partial charge in [-0.2, -0.15) is 0 Å². The number of benzene rings is 1. The number of nitro benzene ring substituents is 1. The third kappa shape index (κ3) is 2.30. The van der Waals surface area contributed by atoms with E-state index in [2.05, 4.69) is 5.32 Å². The molecule has 0 atom stereocenters. The quantitative estimate of drug-likeness (QED) is 0.648. The summed E-state index contributed by atoms with van der Waals surface area (Å²) in [6.07, 6.45) is 0. The molecule has 0 saturated carbocycles. The lowest BCUT2D eigenvalue weighted by molar-refractivity contribution is -0.385. The van der Waals surface area contributed by atoms with Gasteiger partial charge in [0.15, 0.2) is 0 Å². The number of nitrogens with one attached hydrogen (secondary N) is 1. The second kappa shape index (κ2) is 4.69. The molecule has 1 aromatic rings. The molecule has 1 amide bonds. The fourth-order valence-corrected chi connectivity index (χ4v) is 1.60. The summed E-state index contributed by atoms with van der Waals surface area (Å²) in [6, 6.07) is 1.88. The second-order valence-electron chi connectivity index (χ2n) is 4.09. The summed E-state index contributed by atoms with van der Waals surface area (Å²) in [5.41, 5.74) is -0.545. The van der Waals surface area contributed by atoms with E-state index in [0.29, 0.717) is 13.2 Å². The Morgan fingerprint density at radius 1 is 1.56 bits per heavy atom. The molecule has 1 aromatic carbocycles. The van der Waals surface area contributed by atoms with E-state index in [0.717, 1.165) is 12.1 Å². The van der Waals surface area contributed by atoms with Gasteiger partial charge in [-0.1, -0.05) is 0 Å². The van der Waals surface area contributed by atoms with Crippen LogP contribution in [0.1, 0.15) is 15.9 Å². The van der Waals surface area contributed by atoms with Gasteiger partial charge in [0, 0.05) is 12.1 Å². The molecule has 2 rings (SSSR count). The number of carbonyl (C=O) groups excluding carboxylic acids is 1. The molecule has 1 saturated heterocycles. The van der Waals surface area contributed by atoms with Crippen molar-refractivity contribution in [3.8, 4) is 0 Å². The van der Waals surface area contributed by atoms with Crippen molar-refractivity contribution >= 4 is 11.6 Å². The van der Waals surface area contributed by atoms with Crippen LogP contribution in [0.25, 0.3) is 0 Å². The van der Waals surface area contributed by atoms with Gasteiger partial charge in [-0.05, 0) is 12.5 Å². The number of carbonyl (C=O) groups is 1. The molecule has 1 N–H and O–H groups in total. The number of nitrogens with zero attached hydrogens (tertiary/aromatic N) is 1. The van der Waals surface area contributed by atoms with Crippen LogP contribution < -0.4 is 5.32 Å². The zero-order valence-corrected chi connectivity index (χ0v) is 9.60. The van der Waals surface area contributed by atoms with Gasteiger partial charge >= 0.3 is 0 Å². The minimum absolute atomic E-state index is 0.0687. The Kier molecular flexibility index (Phi) is 3.24. The summed E-state index contributed by atoms with van der Waals surface area (Å²) >= 11 is 0. The standard InChI is InChI=1S/C11H11FN2O4/c1-6-2-8(14(16)17)3-9(10(6)12)11(15)13-7-4-18-5-7/h2-3,7H,4-5H2,1H3,(H,13,15). The monoisotopic (exact) mass is 254 g/mol. The number of ether oxygens (including phenoxy) is 1. The first-order valence-electron chi connectivity index (χ1n) is 5.32. The predicted molar refractivity (Wildman–Crippen MR) is 59.9 cm³/mol. The topological polar surface area (TPSA) is 81.5 Å². The first-order valence-corrected chi connectivity index (χ1v) is 5.32. The first-order chi connectivity index (χ1) is 8.49. The van der Waals surface area contributed by atoms with Gasteiger partial charge in [0.1, 0.15) is 5.82 Å². The summed E-state index contributed by atoms with van der Waals surface area (Å²) in [4.78, 5) is 21.8. The Hall–Kier alpha value is -2.02. The average molecular weight is 254 g/mol. The van der Waals surface area contributed by atoms with Crippen molar-refractivity contribution in [1.82, 2.24) is 5.32 Å². The maximum atomic E-state index is 13.8. The Morgan fingerprint density at radius 2 is 2.22 bits per heavy atom. The third-order valence-corrected chi connectivity index (χ3v) is 2.67. The van der Waals surface area contributed by atoms with E-state index in [1.54, 1.807) is 0 Å². The van der Waals surface area contributed by atoms with Gasteiger partial charge in [0.25, 0.3) is 11.6 Å². The van der Waals surface area contributed by atoms with Crippen molar-refractivity contribution in [2.45, 2.75) is 13.0 Å². The zero-order valence-electron chi connectivity index (χ0n) is 9.60. The van der Waals surface area contributed by atoms with Gasteiger partial charge in [-0.3, -0.25) is 14.9 Å². The van der Waals surface area contributed by atoms with Gasteiger partial charge in [-0.15, -0.1) is 0 Å². The van der Waals surface area contributed by atoms with E-state index >= 15 is 0 Å². The number of amides is 1. The molecule has 0 spiro atoms. The smallest absolute Gasteiger partial charge is 0.270 e. The van der Waals surface area contributed by atoms with Crippen LogP contribution in [0.5, 0.6) is 0 Å². The van der Waals surface area contributed by atoms with Crippen molar-refractivity contribution in [3.63, 3.8) is 0 Å². The van der Waals surface area contributed by atoms with E-state index in [1.807, 2.05) is 0 Å². The maximum Gasteiger partial charge on any atom is 0.270 e. The lowest BCUT2D eigenvalue weighted by atomic mass is 10.1. The Labute approximate surface area is 102 Å². The lowest BCUT2D eigenvalue weighted by Crippen LogP contribution is -2.48. The third-order valence-electron chi connectivity index (χ3n) is 2.67. The summed E-state index contributed by atoms with van der Waals surface area (Å²) in [5.74, 6) is -1.40. The number of hydrogen-bond acceptors (Lipinski definition) is 4. The highest BCUT2D eigenvalue weighted by molar-refractivity contribution is 5.95. The van der Waals surface area contributed by atoms with E-state index in [9.17, 15) is 19.3 Å². The number of non-ortho nitro benzene ring substituents is 1. The number of aryl methyl sites for hydroxylation is 1. The summed E-state index contributed by atoms with van der Waals surface area (Å²) in [7, 11) is 0. The molecule has 18 heavy (non-hydrogen) atoms. The molecule has 0 aliphatic carbocycles. The van der Waals surface area contributed by atoms with Gasteiger partial charge in [0.2, 0.25) is 0 Å². The first kappa shape index (κ1) is 12.4. The normalized spacial score (nSPS) is 15.0. The molecule has 1 heterocycles. The molecule has 96 valence electrons. The summed E-state index contributed by atoms with van der Waals surface area (Å²) < 4.78 is 18.6. The van der Waals surface area contributed by atoms with Crippen molar-refractivity contribution in [2.24, 2.45) is 0 Å². The molecule has 6 nitrogen and oxygen atoms in total. The van der Waals surface area contributed by atoms with E-state index in [-0.39, 0.29) is 22.9 Å². The molecule has 7 heteroatoms. The number of hydrogen-bond donors (Lipinski definition) is 1. The largest absolute Gasteiger partial charge is 0.377 e. The molecule has 1 aliphatic rings. The van der Waals surface area contributed by atoms with Crippen molar-refractivity contribution < 1.29 is 18.8 Å². The molecule has 0 radical (unpaired) electrons. The fourth-order valence-electron chi connectivity index (χ4n) is 1.60. The van der Waals surface area contributed by atoms with E-state index in [4.69, 9.17) is 4.74 Å². The minimum atomic E-state index is -0.738. The van der Waals surface area contributed by atoms with E-state index < -0.39 is 16.6 Å². The van der Waals surface area contributed by atoms with Crippen LogP contribution in [0.2, 0.25) is 0 Å². The Morgan fingerprint density at radius 3 is 2.72 bits per heavy atom. The van der Waals surface area contributed by atoms with Crippen LogP contribution in [-0.2, 0) is 4.74 Å². The number of nitro groups is 1. The Balaban J connectivity index is 2.29. The summed E-state index contributed by atoms with van der Waals surface area (Å²) in [5, 5.41) is 13.2. The van der Waals surface area contributed by atoms with Crippen LogP contribution in [0.3, 0.4) is 0 Å². The molecule has 0 bridgehead atoms. The number of rotatable bonds is 3. The molecular weight excluding hydrogens is 243 g/mol. The van der Waals surface area contributed by atoms with Crippen LogP contribution in [0.15, 0.2) is 12.1 Å². The number of halogens is 1. The van der Waals surface area contributed by atoms with Gasteiger partial charge in [-0.25, -0.2) is 4.39 Å². The van der Waals surface area contributed by atoms with Crippen LogP contribution in [0, 0.1) is 22.9 Å². The second-order valence-corrected chi connectivity index (χ2v) is 4.09. The maximum absolute atomic E-state index is 13.8. The van der Waals surface area contributed by atoms with Gasteiger partial charge in [0.05, 0.1) is 29.7 Å². The highest BCUT2D eigenvalue weighted by Crippen LogP contribution is 2.21. The van der Waals surface area contributed by atoms with Crippen LogP contribution in [-0.4, -0.2) is 30.1 Å². The van der Waals surface area contributed by atoms with Crippen molar-refractivity contribution in [1.29, 1.82) is 0 Å². The molecular formula is C11H11FN2O4. The highest BCUT2D eigenvalue weighted by Gasteiger charge is 2.25. The van der Waals surface area contributed by atoms with Crippen LogP contribution in [0.4, 0.5) is 10.1 Å². The van der Waals surface area contributed by atoms with Crippen LogP contribution >= 0.6 is 0 Å². The zero-order chi connectivity index (χ0) is 13.3. The minimum Gasteiger partial charge on any atom is -0.377 e. The van der Waals surface area contributed by atoms with E-state index in [1.165, 1.54) is 6.92 Å². The highest BCUT2D eigenvalue weighted by atomic mass is 19.1. The van der Waals surface area contributed by atoms with Gasteiger partial charge < -0.3 is 10.1 Å². The van der Waals surface area contributed by atoms with Crippen molar-refractivity contribution in [3.05, 3.63) is 39.2 Å². The molecule has 0 unspecified atom stereocenters. The summed E-state index contributed by atoms with van der Waals surface area (Å²) in [6.45, 7) is 2.13. The SMILES string of the molecule is Cc1cc([N+](=O)[O-])cc(C(=O)NC2COC2)c1F. The predicted octanol–water partition coefficient (Wildman–Crippen LogP) is 1.17. The molecule has 1 fully saturated rings. The molecule has 1 aliphatic heterocycles. The fraction of sp³-hybridized carbons (Fsp3) is 0.364. The molecule has 0 aromatic heterocycles. The average Bonchev–Trinajstić information content (AvgIpc) is 2.26. The Bertz CT molecular complexity index is 514. The van der Waals surface area contributed by atoms with Crippen molar-refractivity contribution in [2.75, 3.05) is 13.2 Å². The lowest BCUT2D eigenvalue weighted by Gasteiger charge is -2.26.